The van der Waals surface area contributed by atoms with Gasteiger partial charge in [0.15, 0.2) is 30.9 Å². The lowest BCUT2D eigenvalue weighted by Crippen LogP contribution is -2.63. The molecule has 6 fully saturated rings. The van der Waals surface area contributed by atoms with E-state index in [0.29, 0.717) is 6.42 Å². The molecule has 7 N–H and O–H groups in total. The van der Waals surface area contributed by atoms with Gasteiger partial charge in [-0.15, -0.1) is 0 Å². The summed E-state index contributed by atoms with van der Waals surface area (Å²) < 4.78 is 73.8. The normalized spacial score (nSPS) is 43.3. The lowest BCUT2D eigenvalue weighted by molar-refractivity contribution is -0.357. The molecule has 4 saturated heterocycles. The van der Waals surface area contributed by atoms with Crippen LogP contribution in [0.15, 0.2) is 72.8 Å². The van der Waals surface area contributed by atoms with Gasteiger partial charge in [0.1, 0.15) is 66.3 Å². The Morgan fingerprint density at radius 1 is 0.679 bits per heavy atom. The predicted octanol–water partition coefficient (Wildman–Crippen LogP) is 2.76. The Hall–Kier alpha value is -4.22. The highest BCUT2D eigenvalue weighted by Crippen LogP contribution is 2.58. The highest BCUT2D eigenvalue weighted by atomic mass is 16.8. The minimum Gasteiger partial charge on any atom is -0.458 e. The topological polar surface area (TPSA) is 321 Å². The SMILES string of the molecule is COC1CC(OC2C(O)CC(OC3CCC4(C)C(CC(OC(=O)c5ccccc5)C5(C)C(=O)CCC5(O)C(C)OC(=O)c5ccccc5)C(=O)C=CC4(O)C3)OC2C)OC(C)C1OC1CC(OC)C(OC2OC(CO)C(O)C(O)C2O)C(C)O1. The summed E-state index contributed by atoms with van der Waals surface area (Å²) in [5, 5.41) is 77.9. The molecule has 7 aliphatic rings. The Kier molecular flexibility index (Phi) is 20.1. The van der Waals surface area contributed by atoms with Crippen molar-refractivity contribution >= 4 is 23.5 Å². The monoisotopic (exact) mass is 1180 g/mol. The summed E-state index contributed by atoms with van der Waals surface area (Å²) in [6.07, 6.45) is -16.7. The number of ether oxygens (including phenoxy) is 12. The van der Waals surface area contributed by atoms with Crippen LogP contribution in [0.4, 0.5) is 0 Å². The van der Waals surface area contributed by atoms with Crippen molar-refractivity contribution in [2.45, 2.75) is 233 Å². The summed E-state index contributed by atoms with van der Waals surface area (Å²) in [6, 6.07) is 16.3. The number of benzene rings is 2. The van der Waals surface area contributed by atoms with Crippen molar-refractivity contribution in [1.29, 1.82) is 0 Å². The molecule has 23 nitrogen and oxygen atoms in total. The molecule has 0 bridgehead atoms. The summed E-state index contributed by atoms with van der Waals surface area (Å²) in [7, 11) is 3.02. The van der Waals surface area contributed by atoms with Crippen molar-refractivity contribution in [3.05, 3.63) is 83.9 Å². The molecule has 25 unspecified atom stereocenters. The quantitative estimate of drug-likeness (QED) is 0.0995. The van der Waals surface area contributed by atoms with Crippen molar-refractivity contribution in [1.82, 2.24) is 0 Å². The Morgan fingerprint density at radius 2 is 1.21 bits per heavy atom. The highest BCUT2D eigenvalue weighted by Gasteiger charge is 2.67. The molecular weight excluding hydrogens is 1100 g/mol. The van der Waals surface area contributed by atoms with Crippen LogP contribution in [0.1, 0.15) is 120 Å². The number of Topliss-reactive ketones (excluding diaryl/α,β-unsaturated/α-hetero) is 1. The summed E-state index contributed by atoms with van der Waals surface area (Å²) in [5.74, 6) is -3.38. The van der Waals surface area contributed by atoms with E-state index in [1.165, 1.54) is 40.2 Å². The van der Waals surface area contributed by atoms with E-state index in [4.69, 9.17) is 56.8 Å². The van der Waals surface area contributed by atoms with Crippen LogP contribution in [0.2, 0.25) is 0 Å². The molecule has 9 rings (SSSR count). The Labute approximate surface area is 488 Å². The number of carbonyl (C=O) groups excluding carboxylic acids is 4. The molecule has 3 aliphatic carbocycles. The summed E-state index contributed by atoms with van der Waals surface area (Å²) in [5.41, 5.74) is -6.41. The van der Waals surface area contributed by atoms with E-state index in [1.54, 1.807) is 88.4 Å². The number of aliphatic hydroxyl groups is 7. The number of methoxy groups -OCH3 is 2. The third kappa shape index (κ3) is 12.6. The molecule has 4 aliphatic heterocycles. The zero-order valence-electron chi connectivity index (χ0n) is 48.8. The van der Waals surface area contributed by atoms with Gasteiger partial charge in [-0.1, -0.05) is 43.3 Å². The molecular formula is C61H84O23. The van der Waals surface area contributed by atoms with E-state index >= 15 is 0 Å². The molecule has 2 aromatic rings. The molecule has 466 valence electrons. The minimum atomic E-state index is -2.05. The number of carbonyl (C=O) groups is 4. The standard InChI is InChI=1S/C61H84O23/c1-31-52(82-47-27-41(73-7)53(32(2)76-47)83-48-28-42(74-8)54(33(3)77-48)84-57-51(68)50(67)49(66)43(30-62)80-57)40(64)26-46(75-31)79-37-19-22-58(5)38(39(63)20-23-60(58,71)29-37)25-45(81-56(70)36-17-13-10-14-18-36)59(6)44(65)21-24-61(59,72)34(4)78-55(69)35-15-11-9-12-16-35/h9-18,20,23,31-34,37-38,40-43,45-54,57,62,64,66-68,71-72H,19,21-22,24-30H2,1-8H3. The molecule has 2 aromatic carbocycles. The maximum atomic E-state index is 14.4. The fourth-order valence-corrected chi connectivity index (χ4v) is 13.9. The van der Waals surface area contributed by atoms with Gasteiger partial charge in [0.05, 0.1) is 71.5 Å². The van der Waals surface area contributed by atoms with Crippen molar-refractivity contribution in [2.75, 3.05) is 20.8 Å². The number of allylic oxidation sites excluding steroid dienone is 1. The number of hydrogen-bond acceptors (Lipinski definition) is 23. The smallest absolute Gasteiger partial charge is 0.338 e. The van der Waals surface area contributed by atoms with Gasteiger partial charge in [0, 0.05) is 57.7 Å². The number of fused-ring (bicyclic) bond motifs is 1. The average Bonchev–Trinajstić information content (AvgIpc) is 1.51. The van der Waals surface area contributed by atoms with Crippen LogP contribution in [0.5, 0.6) is 0 Å². The van der Waals surface area contributed by atoms with Gasteiger partial charge < -0.3 is 92.6 Å². The van der Waals surface area contributed by atoms with Crippen LogP contribution < -0.4 is 0 Å². The lowest BCUT2D eigenvalue weighted by atomic mass is 9.52. The number of esters is 2. The first kappa shape index (κ1) is 64.3. The second-order valence-corrected chi connectivity index (χ2v) is 24.2. The molecule has 25 atom stereocenters. The molecule has 4 heterocycles. The minimum absolute atomic E-state index is 0.00188. The first-order valence-corrected chi connectivity index (χ1v) is 29.2. The Bertz CT molecular complexity index is 2600. The van der Waals surface area contributed by atoms with Crippen LogP contribution in [0, 0.1) is 16.7 Å². The van der Waals surface area contributed by atoms with Crippen molar-refractivity contribution in [3.63, 3.8) is 0 Å². The van der Waals surface area contributed by atoms with E-state index in [0.717, 1.165) is 0 Å². The maximum absolute atomic E-state index is 14.4. The third-order valence-corrected chi connectivity index (χ3v) is 19.3. The molecule has 23 heteroatoms. The van der Waals surface area contributed by atoms with Gasteiger partial charge in [0.2, 0.25) is 0 Å². The van der Waals surface area contributed by atoms with Crippen molar-refractivity contribution in [2.24, 2.45) is 16.7 Å². The Morgan fingerprint density at radius 3 is 1.77 bits per heavy atom. The van der Waals surface area contributed by atoms with E-state index in [9.17, 15) is 54.9 Å². The highest BCUT2D eigenvalue weighted by molar-refractivity contribution is 5.95. The van der Waals surface area contributed by atoms with Crippen LogP contribution in [0.25, 0.3) is 0 Å². The van der Waals surface area contributed by atoms with E-state index < -0.39 is 175 Å². The molecule has 0 amide bonds. The molecule has 84 heavy (non-hydrogen) atoms. The first-order valence-electron chi connectivity index (χ1n) is 29.2. The third-order valence-electron chi connectivity index (χ3n) is 19.3. The van der Waals surface area contributed by atoms with Gasteiger partial charge in [-0.2, -0.15) is 0 Å². The molecule has 0 spiro atoms. The maximum Gasteiger partial charge on any atom is 0.338 e. The zero-order chi connectivity index (χ0) is 60.6. The first-order chi connectivity index (χ1) is 39.9. The molecule has 0 aromatic heterocycles. The second-order valence-electron chi connectivity index (χ2n) is 24.2. The fourth-order valence-electron chi connectivity index (χ4n) is 13.9. The summed E-state index contributed by atoms with van der Waals surface area (Å²) >= 11 is 0. The van der Waals surface area contributed by atoms with Gasteiger partial charge in [0.25, 0.3) is 0 Å². The number of rotatable bonds is 19. The average molecular weight is 1190 g/mol. The lowest BCUT2D eigenvalue weighted by Gasteiger charge is -2.56. The largest absolute Gasteiger partial charge is 0.458 e. The van der Waals surface area contributed by atoms with Crippen LogP contribution in [0.3, 0.4) is 0 Å². The van der Waals surface area contributed by atoms with E-state index in [1.807, 2.05) is 0 Å². The fraction of sp³-hybridized carbons (Fsp3) is 0.705. The second kappa shape index (κ2) is 26.2. The summed E-state index contributed by atoms with van der Waals surface area (Å²) in [4.78, 5) is 56.0. The Balaban J connectivity index is 0.816. The van der Waals surface area contributed by atoms with Gasteiger partial charge in [-0.05, 0) is 96.7 Å². The van der Waals surface area contributed by atoms with Crippen molar-refractivity contribution in [3.8, 4) is 0 Å². The van der Waals surface area contributed by atoms with Gasteiger partial charge in [-0.3, -0.25) is 9.59 Å². The van der Waals surface area contributed by atoms with E-state index in [-0.39, 0.29) is 68.3 Å². The molecule has 0 radical (unpaired) electrons. The van der Waals surface area contributed by atoms with Crippen LogP contribution in [-0.2, 0) is 66.4 Å². The van der Waals surface area contributed by atoms with Crippen LogP contribution in [-0.4, -0.2) is 214 Å². The van der Waals surface area contributed by atoms with Gasteiger partial charge in [-0.25, -0.2) is 9.59 Å². The molecule has 2 saturated carbocycles. The number of aliphatic hydroxyl groups excluding tert-OH is 5. The van der Waals surface area contributed by atoms with E-state index in [2.05, 4.69) is 0 Å². The summed E-state index contributed by atoms with van der Waals surface area (Å²) in [6.45, 7) is 9.41. The van der Waals surface area contributed by atoms with Crippen LogP contribution >= 0.6 is 0 Å². The zero-order valence-corrected chi connectivity index (χ0v) is 48.8. The number of ketones is 2. The number of hydrogen-bond donors (Lipinski definition) is 7. The van der Waals surface area contributed by atoms with Crippen molar-refractivity contribution < 1.29 is 112 Å². The van der Waals surface area contributed by atoms with Gasteiger partial charge >= 0.3 is 11.9 Å². The predicted molar refractivity (Wildman–Crippen MR) is 291 cm³/mol.